The molecule has 11 heteroatoms. The second-order valence-corrected chi connectivity index (χ2v) is 8.68. The van der Waals surface area contributed by atoms with Gasteiger partial charge in [-0.3, -0.25) is 4.90 Å². The number of halogens is 3. The minimum absolute atomic E-state index is 0.0668. The molecule has 4 rings (SSSR count). The van der Waals surface area contributed by atoms with E-state index in [1.165, 1.54) is 0 Å². The van der Waals surface area contributed by atoms with E-state index in [0.29, 0.717) is 47.1 Å². The van der Waals surface area contributed by atoms with Gasteiger partial charge >= 0.3 is 12.2 Å². The Morgan fingerprint density at radius 2 is 2.03 bits per heavy atom. The van der Waals surface area contributed by atoms with E-state index in [1.54, 1.807) is 35.4 Å². The first-order valence-electron chi connectivity index (χ1n) is 11.4. The third-order valence-corrected chi connectivity index (χ3v) is 5.30. The number of aryl methyl sites for hydroxylation is 1. The van der Waals surface area contributed by atoms with E-state index in [4.69, 9.17) is 13.9 Å². The van der Waals surface area contributed by atoms with Crippen molar-refractivity contribution < 1.29 is 31.9 Å². The van der Waals surface area contributed by atoms with E-state index in [9.17, 15) is 18.0 Å². The van der Waals surface area contributed by atoms with Crippen LogP contribution < -0.4 is 20.3 Å². The molecule has 0 saturated carbocycles. The molecule has 8 nitrogen and oxygen atoms in total. The van der Waals surface area contributed by atoms with Crippen molar-refractivity contribution in [3.05, 3.63) is 53.7 Å². The van der Waals surface area contributed by atoms with Crippen LogP contribution in [0, 0.1) is 6.92 Å². The van der Waals surface area contributed by atoms with Crippen molar-refractivity contribution in [3.8, 4) is 17.1 Å². The van der Waals surface area contributed by atoms with Crippen LogP contribution in [0.2, 0.25) is 0 Å². The molecule has 1 aliphatic heterocycles. The zero-order valence-electron chi connectivity index (χ0n) is 20.1. The molecule has 0 atom stereocenters. The molecular weight excluding hydrogens is 477 g/mol. The Hall–Kier alpha value is -3.73. The van der Waals surface area contributed by atoms with Crippen molar-refractivity contribution in [1.82, 2.24) is 10.3 Å². The van der Waals surface area contributed by atoms with E-state index < -0.39 is 12.8 Å². The number of aromatic nitrogens is 1. The van der Waals surface area contributed by atoms with Gasteiger partial charge in [-0.15, -0.1) is 0 Å². The number of nitrogens with zero attached hydrogens (tertiary/aromatic N) is 2. The molecule has 2 aromatic carbocycles. The number of carbonyl (C=O) groups excluding carboxylic acids is 1. The van der Waals surface area contributed by atoms with Gasteiger partial charge in [0.25, 0.3) is 6.01 Å². The van der Waals surface area contributed by atoms with Gasteiger partial charge in [-0.1, -0.05) is 12.1 Å². The molecule has 0 aliphatic carbocycles. The first-order valence-corrected chi connectivity index (χ1v) is 11.4. The Morgan fingerprint density at radius 3 is 2.72 bits per heavy atom. The molecule has 0 spiro atoms. The molecule has 1 aromatic heterocycles. The van der Waals surface area contributed by atoms with E-state index in [0.717, 1.165) is 5.56 Å². The summed E-state index contributed by atoms with van der Waals surface area (Å²) in [4.78, 5) is 18.1. The summed E-state index contributed by atoms with van der Waals surface area (Å²) in [7, 11) is 0. The lowest BCUT2D eigenvalue weighted by atomic mass is 10.1. The molecule has 0 unspecified atom stereocenters. The quantitative estimate of drug-likeness (QED) is 0.384. The predicted octanol–water partition coefficient (Wildman–Crippen LogP) is 5.79. The number of anilines is 3. The summed E-state index contributed by atoms with van der Waals surface area (Å²) < 4.78 is 53.6. The van der Waals surface area contributed by atoms with Crippen LogP contribution in [0.3, 0.4) is 0 Å². The van der Waals surface area contributed by atoms with E-state index >= 15 is 0 Å². The zero-order chi connectivity index (χ0) is 25.9. The van der Waals surface area contributed by atoms with Crippen molar-refractivity contribution in [2.75, 3.05) is 29.9 Å². The lowest BCUT2D eigenvalue weighted by molar-refractivity contribution is -0.176. The number of urea groups is 1. The number of hydrogen-bond donors (Lipinski definition) is 2. The Bertz CT molecular complexity index is 1230. The number of benzene rings is 2. The molecule has 0 bridgehead atoms. The topological polar surface area (TPSA) is 88.9 Å². The van der Waals surface area contributed by atoms with Crippen molar-refractivity contribution in [2.24, 2.45) is 0 Å². The number of amides is 2. The van der Waals surface area contributed by atoms with Crippen molar-refractivity contribution in [1.29, 1.82) is 0 Å². The summed E-state index contributed by atoms with van der Waals surface area (Å²) in [6.07, 6.45) is -2.89. The maximum Gasteiger partial charge on any atom is 0.411 e. The summed E-state index contributed by atoms with van der Waals surface area (Å²) in [5, 5.41) is 5.86. The van der Waals surface area contributed by atoms with Crippen LogP contribution in [0.4, 0.5) is 35.4 Å². The standard InChI is InChI=1S/C25H27F3N4O4/c1-15(2)35-20-10-18(9-19(11-20)32-7-6-29-24(32)33)22-12-30-23(36-22)31-21-8-17(5-4-16(21)3)13-34-14-25(26,27)28/h4-5,8-12,15H,6-7,13-14H2,1-3H3,(H,29,33)(H,30,31). The van der Waals surface area contributed by atoms with Gasteiger partial charge in [0.05, 0.1) is 18.9 Å². The molecule has 192 valence electrons. The minimum Gasteiger partial charge on any atom is -0.491 e. The maximum absolute atomic E-state index is 12.4. The summed E-state index contributed by atoms with van der Waals surface area (Å²) in [5.74, 6) is 1.04. The van der Waals surface area contributed by atoms with Gasteiger partial charge in [0.2, 0.25) is 0 Å². The molecule has 1 fully saturated rings. The third-order valence-electron chi connectivity index (χ3n) is 5.30. The highest BCUT2D eigenvalue weighted by molar-refractivity contribution is 5.95. The normalized spacial score (nSPS) is 13.9. The minimum atomic E-state index is -4.38. The van der Waals surface area contributed by atoms with Gasteiger partial charge in [0.1, 0.15) is 12.4 Å². The Kier molecular flexibility index (Phi) is 7.39. The smallest absolute Gasteiger partial charge is 0.411 e. The average Bonchev–Trinajstić information content (AvgIpc) is 3.43. The second-order valence-electron chi connectivity index (χ2n) is 8.68. The highest BCUT2D eigenvalue weighted by Crippen LogP contribution is 2.33. The highest BCUT2D eigenvalue weighted by atomic mass is 19.4. The third kappa shape index (κ3) is 6.48. The average molecular weight is 505 g/mol. The second kappa shape index (κ2) is 10.5. The van der Waals surface area contributed by atoms with Crippen LogP contribution in [-0.4, -0.2) is 43.0 Å². The number of rotatable bonds is 9. The van der Waals surface area contributed by atoms with Gasteiger partial charge in [-0.25, -0.2) is 9.78 Å². The molecule has 36 heavy (non-hydrogen) atoms. The fourth-order valence-electron chi connectivity index (χ4n) is 3.70. The summed E-state index contributed by atoms with van der Waals surface area (Å²) in [6.45, 7) is 5.28. The van der Waals surface area contributed by atoms with E-state index in [-0.39, 0.29) is 24.8 Å². The lowest BCUT2D eigenvalue weighted by Gasteiger charge is -2.18. The molecule has 2 N–H and O–H groups in total. The molecule has 1 aliphatic rings. The Morgan fingerprint density at radius 1 is 1.22 bits per heavy atom. The largest absolute Gasteiger partial charge is 0.491 e. The van der Waals surface area contributed by atoms with E-state index in [2.05, 4.69) is 15.6 Å². The van der Waals surface area contributed by atoms with Crippen LogP contribution in [0.25, 0.3) is 11.3 Å². The summed E-state index contributed by atoms with van der Waals surface area (Å²) in [5.41, 5.74) is 3.40. The van der Waals surface area contributed by atoms with Gasteiger partial charge in [0.15, 0.2) is 5.76 Å². The Balaban J connectivity index is 1.54. The fourth-order valence-corrected chi connectivity index (χ4v) is 3.70. The molecular formula is C25H27F3N4O4. The summed E-state index contributed by atoms with van der Waals surface area (Å²) >= 11 is 0. The van der Waals surface area contributed by atoms with Crippen LogP contribution in [0.1, 0.15) is 25.0 Å². The SMILES string of the molecule is Cc1ccc(COCC(F)(F)F)cc1Nc1ncc(-c2cc(OC(C)C)cc(N3CCNC3=O)c2)o1. The maximum atomic E-state index is 12.4. The number of oxazole rings is 1. The molecule has 2 amide bonds. The van der Waals surface area contributed by atoms with Gasteiger partial charge < -0.3 is 24.5 Å². The number of alkyl halides is 3. The summed E-state index contributed by atoms with van der Waals surface area (Å²) in [6, 6.07) is 10.6. The fraction of sp³-hybridized carbons (Fsp3) is 0.360. The number of nitrogens with one attached hydrogen (secondary N) is 2. The first kappa shape index (κ1) is 25.4. The van der Waals surface area contributed by atoms with Crippen LogP contribution in [0.5, 0.6) is 5.75 Å². The zero-order valence-corrected chi connectivity index (χ0v) is 20.1. The van der Waals surface area contributed by atoms with Crippen molar-refractivity contribution in [3.63, 3.8) is 0 Å². The van der Waals surface area contributed by atoms with E-state index in [1.807, 2.05) is 32.9 Å². The monoisotopic (exact) mass is 504 g/mol. The van der Waals surface area contributed by atoms with Crippen molar-refractivity contribution in [2.45, 2.75) is 39.7 Å². The lowest BCUT2D eigenvalue weighted by Crippen LogP contribution is -2.27. The first-order chi connectivity index (χ1) is 17.1. The number of carbonyl (C=O) groups is 1. The molecule has 1 saturated heterocycles. The predicted molar refractivity (Wildman–Crippen MR) is 129 cm³/mol. The van der Waals surface area contributed by atoms with Gasteiger partial charge in [-0.05, 0) is 50.1 Å². The number of ether oxygens (including phenoxy) is 2. The molecule has 0 radical (unpaired) electrons. The molecule has 3 aromatic rings. The number of hydrogen-bond acceptors (Lipinski definition) is 6. The van der Waals surface area contributed by atoms with Crippen LogP contribution >= 0.6 is 0 Å². The molecule has 2 heterocycles. The van der Waals surface area contributed by atoms with Crippen LogP contribution in [0.15, 0.2) is 47.0 Å². The van der Waals surface area contributed by atoms with Crippen molar-refractivity contribution >= 4 is 23.4 Å². The van der Waals surface area contributed by atoms with Crippen LogP contribution in [-0.2, 0) is 11.3 Å². The van der Waals surface area contributed by atoms with Gasteiger partial charge in [0, 0.05) is 36.1 Å². The Labute approximate surface area is 206 Å². The van der Waals surface area contributed by atoms with Gasteiger partial charge in [-0.2, -0.15) is 13.2 Å². The highest BCUT2D eigenvalue weighted by Gasteiger charge is 2.27.